The van der Waals surface area contributed by atoms with E-state index in [9.17, 15) is 22.0 Å². The summed E-state index contributed by atoms with van der Waals surface area (Å²) in [4.78, 5) is 11.4. The van der Waals surface area contributed by atoms with Gasteiger partial charge in [0, 0.05) is 17.3 Å². The van der Waals surface area contributed by atoms with Gasteiger partial charge in [0.2, 0.25) is 0 Å². The summed E-state index contributed by atoms with van der Waals surface area (Å²) >= 11 is 0. The molecule has 0 spiro atoms. The quantitative estimate of drug-likeness (QED) is 0.853. The number of nitrogens with one attached hydrogen (secondary N) is 1. The molecular weight excluding hydrogens is 304 g/mol. The molecule has 5 nitrogen and oxygen atoms in total. The summed E-state index contributed by atoms with van der Waals surface area (Å²) < 4.78 is 56.9. The molecule has 0 aromatic heterocycles. The number of halogens is 2. The Morgan fingerprint density at radius 1 is 1.05 bits per heavy atom. The fraction of sp³-hybridized carbons (Fsp3) is 0. The third kappa shape index (κ3) is 3.83. The molecule has 110 valence electrons. The molecule has 1 amide bonds. The molecule has 0 aliphatic rings. The Morgan fingerprint density at radius 2 is 1.67 bits per heavy atom. The van der Waals surface area contributed by atoms with Gasteiger partial charge in [-0.25, -0.2) is 8.78 Å². The maximum Gasteiger partial charge on any atom is 0.294 e. The Morgan fingerprint density at radius 3 is 2.24 bits per heavy atom. The predicted octanol–water partition coefficient (Wildman–Crippen LogP) is 2.46. The van der Waals surface area contributed by atoms with E-state index in [2.05, 4.69) is 5.32 Å². The second kappa shape index (κ2) is 5.58. The molecule has 2 aromatic carbocycles. The highest BCUT2D eigenvalue weighted by atomic mass is 32.2. The molecule has 0 atom stereocenters. The number of benzene rings is 2. The van der Waals surface area contributed by atoms with E-state index >= 15 is 0 Å². The molecule has 0 aliphatic heterocycles. The Kier molecular flexibility index (Phi) is 4.01. The molecule has 0 heterocycles. The molecule has 0 radical (unpaired) electrons. The summed E-state index contributed by atoms with van der Waals surface area (Å²) in [5.41, 5.74) is -0.204. The fourth-order valence-electron chi connectivity index (χ4n) is 1.62. The van der Waals surface area contributed by atoms with Crippen molar-refractivity contribution in [3.63, 3.8) is 0 Å². The number of rotatable bonds is 3. The second-order valence-electron chi connectivity index (χ2n) is 4.12. The van der Waals surface area contributed by atoms with E-state index in [4.69, 9.17) is 4.55 Å². The van der Waals surface area contributed by atoms with Gasteiger partial charge in [0.1, 0.15) is 11.6 Å². The standard InChI is InChI=1S/C13H9F2NO4S/c14-9-4-8(5-10(15)6-9)13(17)16-11-2-1-3-12(7-11)21(18,19)20/h1-7H,(H,16,17)(H,18,19,20). The maximum absolute atomic E-state index is 13.0. The summed E-state index contributed by atoms with van der Waals surface area (Å²) in [6, 6.07) is 7.11. The lowest BCUT2D eigenvalue weighted by atomic mass is 10.2. The van der Waals surface area contributed by atoms with Crippen LogP contribution >= 0.6 is 0 Å². The van der Waals surface area contributed by atoms with Crippen molar-refractivity contribution in [2.24, 2.45) is 0 Å². The van der Waals surface area contributed by atoms with Crippen LogP contribution < -0.4 is 5.32 Å². The molecule has 21 heavy (non-hydrogen) atoms. The molecule has 0 fully saturated rings. The van der Waals surface area contributed by atoms with E-state index in [1.165, 1.54) is 12.1 Å². The highest BCUT2D eigenvalue weighted by Gasteiger charge is 2.13. The van der Waals surface area contributed by atoms with Crippen LogP contribution in [0.4, 0.5) is 14.5 Å². The molecule has 0 unspecified atom stereocenters. The Balaban J connectivity index is 2.28. The third-order valence-electron chi connectivity index (χ3n) is 2.51. The summed E-state index contributed by atoms with van der Waals surface area (Å²) in [6.45, 7) is 0. The van der Waals surface area contributed by atoms with Crippen LogP contribution in [0.2, 0.25) is 0 Å². The van der Waals surface area contributed by atoms with Crippen molar-refractivity contribution in [1.82, 2.24) is 0 Å². The van der Waals surface area contributed by atoms with Gasteiger partial charge in [0.05, 0.1) is 4.90 Å². The van der Waals surface area contributed by atoms with Crippen molar-refractivity contribution in [3.05, 3.63) is 59.7 Å². The lowest BCUT2D eigenvalue weighted by Crippen LogP contribution is -2.13. The smallest absolute Gasteiger partial charge is 0.294 e. The van der Waals surface area contributed by atoms with Gasteiger partial charge in [0.15, 0.2) is 0 Å². The summed E-state index contributed by atoms with van der Waals surface area (Å²) in [5, 5.41) is 2.28. The maximum atomic E-state index is 13.0. The van der Waals surface area contributed by atoms with Crippen molar-refractivity contribution >= 4 is 21.7 Å². The van der Waals surface area contributed by atoms with Crippen molar-refractivity contribution in [3.8, 4) is 0 Å². The minimum atomic E-state index is -4.41. The minimum absolute atomic E-state index is 0.0554. The predicted molar refractivity (Wildman–Crippen MR) is 70.6 cm³/mol. The Bertz CT molecular complexity index is 785. The monoisotopic (exact) mass is 313 g/mol. The molecule has 8 heteroatoms. The fourth-order valence-corrected chi connectivity index (χ4v) is 2.15. The van der Waals surface area contributed by atoms with Gasteiger partial charge < -0.3 is 5.32 Å². The molecule has 2 aromatic rings. The zero-order valence-corrected chi connectivity index (χ0v) is 11.2. The molecular formula is C13H9F2NO4S. The third-order valence-corrected chi connectivity index (χ3v) is 3.36. The zero-order valence-electron chi connectivity index (χ0n) is 10.4. The van der Waals surface area contributed by atoms with Crippen molar-refractivity contribution in [2.45, 2.75) is 4.90 Å². The number of carbonyl (C=O) groups is 1. The van der Waals surface area contributed by atoms with Crippen molar-refractivity contribution in [2.75, 3.05) is 5.32 Å². The van der Waals surface area contributed by atoms with Crippen LogP contribution in [0.15, 0.2) is 47.4 Å². The molecule has 0 bridgehead atoms. The SMILES string of the molecule is O=C(Nc1cccc(S(=O)(=O)O)c1)c1cc(F)cc(F)c1. The van der Waals surface area contributed by atoms with E-state index < -0.39 is 32.6 Å². The Labute approximate surface area is 119 Å². The summed E-state index contributed by atoms with van der Waals surface area (Å²) in [6.07, 6.45) is 0. The van der Waals surface area contributed by atoms with Crippen LogP contribution in [0.25, 0.3) is 0 Å². The van der Waals surface area contributed by atoms with Gasteiger partial charge in [-0.05, 0) is 30.3 Å². The second-order valence-corrected chi connectivity index (χ2v) is 5.54. The average molecular weight is 313 g/mol. The minimum Gasteiger partial charge on any atom is -0.322 e. The van der Waals surface area contributed by atoms with Crippen LogP contribution in [-0.4, -0.2) is 18.9 Å². The van der Waals surface area contributed by atoms with Gasteiger partial charge in [-0.15, -0.1) is 0 Å². The van der Waals surface area contributed by atoms with Crippen molar-refractivity contribution < 1.29 is 26.5 Å². The van der Waals surface area contributed by atoms with E-state index in [0.717, 1.165) is 24.3 Å². The number of hydrogen-bond acceptors (Lipinski definition) is 3. The highest BCUT2D eigenvalue weighted by molar-refractivity contribution is 7.85. The Hall–Kier alpha value is -2.32. The van der Waals surface area contributed by atoms with E-state index in [1.807, 2.05) is 0 Å². The first-order valence-electron chi connectivity index (χ1n) is 5.61. The van der Waals surface area contributed by atoms with Gasteiger partial charge >= 0.3 is 0 Å². The summed E-state index contributed by atoms with van der Waals surface area (Å²) in [7, 11) is -4.41. The first-order chi connectivity index (χ1) is 9.75. The zero-order chi connectivity index (χ0) is 15.6. The number of hydrogen-bond donors (Lipinski definition) is 2. The van der Waals surface area contributed by atoms with Gasteiger partial charge in [-0.1, -0.05) is 6.07 Å². The first kappa shape index (κ1) is 15.1. The van der Waals surface area contributed by atoms with Crippen molar-refractivity contribution in [1.29, 1.82) is 0 Å². The molecule has 2 rings (SSSR count). The molecule has 0 saturated carbocycles. The summed E-state index contributed by atoms with van der Waals surface area (Å²) in [5.74, 6) is -2.64. The van der Waals surface area contributed by atoms with Crippen LogP contribution in [0.3, 0.4) is 0 Å². The lowest BCUT2D eigenvalue weighted by Gasteiger charge is -2.07. The van der Waals surface area contributed by atoms with E-state index in [-0.39, 0.29) is 11.3 Å². The van der Waals surface area contributed by atoms with Crippen LogP contribution in [0, 0.1) is 11.6 Å². The molecule has 0 saturated heterocycles. The highest BCUT2D eigenvalue weighted by Crippen LogP contribution is 2.16. The van der Waals surface area contributed by atoms with Gasteiger partial charge in [-0.2, -0.15) is 8.42 Å². The van der Waals surface area contributed by atoms with Crippen LogP contribution in [0.1, 0.15) is 10.4 Å². The van der Waals surface area contributed by atoms with E-state index in [1.54, 1.807) is 0 Å². The molecule has 0 aliphatic carbocycles. The lowest BCUT2D eigenvalue weighted by molar-refractivity contribution is 0.102. The topological polar surface area (TPSA) is 83.5 Å². The largest absolute Gasteiger partial charge is 0.322 e. The van der Waals surface area contributed by atoms with Gasteiger partial charge in [-0.3, -0.25) is 9.35 Å². The number of anilines is 1. The normalized spacial score (nSPS) is 11.2. The van der Waals surface area contributed by atoms with Crippen LogP contribution in [-0.2, 0) is 10.1 Å². The molecule has 2 N–H and O–H groups in total. The van der Waals surface area contributed by atoms with Crippen LogP contribution in [0.5, 0.6) is 0 Å². The average Bonchev–Trinajstić information content (AvgIpc) is 2.37. The van der Waals surface area contributed by atoms with Gasteiger partial charge in [0.25, 0.3) is 16.0 Å². The number of amides is 1. The first-order valence-corrected chi connectivity index (χ1v) is 7.05. The van der Waals surface area contributed by atoms with E-state index in [0.29, 0.717) is 6.07 Å². The number of carbonyl (C=O) groups excluding carboxylic acids is 1.